The molecule has 3 aromatic rings. The van der Waals surface area contributed by atoms with Crippen molar-refractivity contribution < 1.29 is 4.74 Å². The first-order chi connectivity index (χ1) is 11.7. The first kappa shape index (κ1) is 15.4. The standard InChI is InChI=1S/C18H15N5O/c1-12-15(6-3-13-4-7-16(19)20-9-13)18(23-11-22-12)14-5-8-17(24-2)21-10-14/h4-5,7-11H,1-2H3,(H2,19,20). The molecule has 0 aliphatic heterocycles. The van der Waals surface area contributed by atoms with Crippen LogP contribution in [-0.4, -0.2) is 27.0 Å². The molecule has 0 aliphatic rings. The number of nitrogens with zero attached hydrogens (tertiary/aromatic N) is 4. The number of hydrogen-bond acceptors (Lipinski definition) is 6. The molecule has 3 rings (SSSR count). The molecule has 0 saturated heterocycles. The molecule has 0 amide bonds. The molecule has 24 heavy (non-hydrogen) atoms. The molecule has 2 N–H and O–H groups in total. The van der Waals surface area contributed by atoms with Gasteiger partial charge in [0, 0.05) is 29.6 Å². The third kappa shape index (κ3) is 3.31. The number of nitrogens with two attached hydrogens (primary N) is 1. The minimum Gasteiger partial charge on any atom is -0.481 e. The fourth-order valence-corrected chi connectivity index (χ4v) is 2.10. The highest BCUT2D eigenvalue weighted by atomic mass is 16.5. The lowest BCUT2D eigenvalue weighted by molar-refractivity contribution is 0.398. The van der Waals surface area contributed by atoms with Crippen LogP contribution < -0.4 is 10.5 Å². The Morgan fingerprint density at radius 1 is 0.958 bits per heavy atom. The molecule has 0 radical (unpaired) electrons. The number of aromatic nitrogens is 4. The van der Waals surface area contributed by atoms with E-state index in [1.54, 1.807) is 31.6 Å². The Morgan fingerprint density at radius 2 is 1.83 bits per heavy atom. The Hall–Kier alpha value is -3.46. The lowest BCUT2D eigenvalue weighted by Crippen LogP contribution is -1.97. The molecule has 0 aromatic carbocycles. The summed E-state index contributed by atoms with van der Waals surface area (Å²) in [6, 6.07) is 7.22. The smallest absolute Gasteiger partial charge is 0.212 e. The topological polar surface area (TPSA) is 86.8 Å². The van der Waals surface area contributed by atoms with Gasteiger partial charge in [-0.05, 0) is 25.1 Å². The number of nitrogen functional groups attached to an aromatic ring is 1. The molecule has 3 heterocycles. The summed E-state index contributed by atoms with van der Waals surface area (Å²) in [6.45, 7) is 1.90. The van der Waals surface area contributed by atoms with Gasteiger partial charge >= 0.3 is 0 Å². The van der Waals surface area contributed by atoms with Gasteiger partial charge in [-0.2, -0.15) is 0 Å². The Balaban J connectivity index is 2.03. The van der Waals surface area contributed by atoms with E-state index in [2.05, 4.69) is 31.8 Å². The van der Waals surface area contributed by atoms with Gasteiger partial charge in [0.15, 0.2) is 0 Å². The quantitative estimate of drug-likeness (QED) is 0.729. The summed E-state index contributed by atoms with van der Waals surface area (Å²) < 4.78 is 5.08. The van der Waals surface area contributed by atoms with Crippen LogP contribution in [-0.2, 0) is 0 Å². The summed E-state index contributed by atoms with van der Waals surface area (Å²) in [5.74, 6) is 7.21. The molecule has 118 valence electrons. The van der Waals surface area contributed by atoms with Crippen molar-refractivity contribution in [3.63, 3.8) is 0 Å². The number of hydrogen-bond donors (Lipinski definition) is 1. The number of rotatable bonds is 2. The van der Waals surface area contributed by atoms with Gasteiger partial charge in [-0.15, -0.1) is 0 Å². The lowest BCUT2D eigenvalue weighted by atomic mass is 10.1. The van der Waals surface area contributed by atoms with Crippen LogP contribution in [0.3, 0.4) is 0 Å². The summed E-state index contributed by atoms with van der Waals surface area (Å²) in [6.07, 6.45) is 4.86. The minimum atomic E-state index is 0.463. The monoisotopic (exact) mass is 317 g/mol. The molecule has 0 bridgehead atoms. The maximum atomic E-state index is 5.59. The minimum absolute atomic E-state index is 0.463. The summed E-state index contributed by atoms with van der Waals surface area (Å²) in [7, 11) is 1.58. The Morgan fingerprint density at radius 3 is 2.50 bits per heavy atom. The van der Waals surface area contributed by atoms with E-state index < -0.39 is 0 Å². The van der Waals surface area contributed by atoms with Crippen molar-refractivity contribution in [2.75, 3.05) is 12.8 Å². The van der Waals surface area contributed by atoms with Crippen molar-refractivity contribution in [3.8, 4) is 29.0 Å². The Kier molecular flexibility index (Phi) is 4.34. The number of ether oxygens (including phenoxy) is 1. The molecule has 0 unspecified atom stereocenters. The van der Waals surface area contributed by atoms with Gasteiger partial charge in [0.25, 0.3) is 0 Å². The molecule has 0 atom stereocenters. The number of anilines is 1. The Labute approximate surface area is 139 Å². The fourth-order valence-electron chi connectivity index (χ4n) is 2.10. The zero-order valence-electron chi connectivity index (χ0n) is 13.3. The molecule has 0 saturated carbocycles. The average Bonchev–Trinajstić information content (AvgIpc) is 2.62. The normalized spacial score (nSPS) is 9.92. The van der Waals surface area contributed by atoms with E-state index in [0.29, 0.717) is 11.7 Å². The van der Waals surface area contributed by atoms with Crippen LogP contribution in [0.2, 0.25) is 0 Å². The van der Waals surface area contributed by atoms with Gasteiger partial charge in [0.2, 0.25) is 5.88 Å². The fraction of sp³-hybridized carbons (Fsp3) is 0.111. The van der Waals surface area contributed by atoms with E-state index in [-0.39, 0.29) is 0 Å². The van der Waals surface area contributed by atoms with E-state index in [9.17, 15) is 0 Å². The third-order valence-electron chi connectivity index (χ3n) is 3.37. The highest BCUT2D eigenvalue weighted by Crippen LogP contribution is 2.22. The summed E-state index contributed by atoms with van der Waals surface area (Å²) in [5.41, 5.74) is 9.48. The van der Waals surface area contributed by atoms with Gasteiger partial charge in [-0.3, -0.25) is 0 Å². The maximum Gasteiger partial charge on any atom is 0.212 e. The highest BCUT2D eigenvalue weighted by molar-refractivity contribution is 5.68. The molecule has 6 heteroatoms. The maximum absolute atomic E-state index is 5.59. The zero-order valence-corrected chi connectivity index (χ0v) is 13.3. The van der Waals surface area contributed by atoms with E-state index in [1.165, 1.54) is 6.33 Å². The predicted molar refractivity (Wildman–Crippen MR) is 91.2 cm³/mol. The molecular formula is C18H15N5O. The Bertz CT molecular complexity index is 909. The van der Waals surface area contributed by atoms with Crippen molar-refractivity contribution in [2.45, 2.75) is 6.92 Å². The summed E-state index contributed by atoms with van der Waals surface area (Å²) in [5, 5.41) is 0. The number of pyridine rings is 2. The van der Waals surface area contributed by atoms with Crippen molar-refractivity contribution in [1.29, 1.82) is 0 Å². The van der Waals surface area contributed by atoms with Crippen LogP contribution in [0.5, 0.6) is 5.88 Å². The first-order valence-electron chi connectivity index (χ1n) is 7.23. The number of methoxy groups -OCH3 is 1. The second-order valence-corrected chi connectivity index (χ2v) is 4.99. The van der Waals surface area contributed by atoms with Crippen molar-refractivity contribution in [3.05, 3.63) is 59.8 Å². The van der Waals surface area contributed by atoms with E-state index in [4.69, 9.17) is 10.5 Å². The van der Waals surface area contributed by atoms with Crippen molar-refractivity contribution in [2.24, 2.45) is 0 Å². The van der Waals surface area contributed by atoms with Crippen LogP contribution >= 0.6 is 0 Å². The molecule has 0 fully saturated rings. The molecular weight excluding hydrogens is 302 g/mol. The largest absolute Gasteiger partial charge is 0.481 e. The van der Waals surface area contributed by atoms with Gasteiger partial charge in [0.05, 0.1) is 24.1 Å². The van der Waals surface area contributed by atoms with E-state index in [1.807, 2.05) is 19.1 Å². The van der Waals surface area contributed by atoms with Crippen LogP contribution in [0.25, 0.3) is 11.3 Å². The first-order valence-corrected chi connectivity index (χ1v) is 7.23. The van der Waals surface area contributed by atoms with Gasteiger partial charge in [0.1, 0.15) is 12.1 Å². The summed E-state index contributed by atoms with van der Waals surface area (Å²) in [4.78, 5) is 16.8. The summed E-state index contributed by atoms with van der Waals surface area (Å²) >= 11 is 0. The van der Waals surface area contributed by atoms with Crippen molar-refractivity contribution in [1.82, 2.24) is 19.9 Å². The van der Waals surface area contributed by atoms with Gasteiger partial charge < -0.3 is 10.5 Å². The SMILES string of the molecule is COc1ccc(-c2ncnc(C)c2C#Cc2ccc(N)nc2)cn1. The number of aryl methyl sites for hydroxylation is 1. The van der Waals surface area contributed by atoms with E-state index >= 15 is 0 Å². The molecule has 6 nitrogen and oxygen atoms in total. The van der Waals surface area contributed by atoms with Gasteiger partial charge in [-0.25, -0.2) is 19.9 Å². The van der Waals surface area contributed by atoms with Crippen LogP contribution in [0.15, 0.2) is 43.0 Å². The predicted octanol–water partition coefficient (Wildman–Crippen LogP) is 2.23. The second kappa shape index (κ2) is 6.75. The third-order valence-corrected chi connectivity index (χ3v) is 3.37. The van der Waals surface area contributed by atoms with Crippen LogP contribution in [0, 0.1) is 18.8 Å². The zero-order chi connectivity index (χ0) is 16.9. The van der Waals surface area contributed by atoms with E-state index in [0.717, 1.165) is 28.1 Å². The molecule has 3 aromatic heterocycles. The van der Waals surface area contributed by atoms with Crippen molar-refractivity contribution >= 4 is 5.82 Å². The highest BCUT2D eigenvalue weighted by Gasteiger charge is 2.09. The van der Waals surface area contributed by atoms with Crippen LogP contribution in [0.1, 0.15) is 16.8 Å². The van der Waals surface area contributed by atoms with Gasteiger partial charge in [-0.1, -0.05) is 11.8 Å². The second-order valence-electron chi connectivity index (χ2n) is 4.99. The molecule has 0 spiro atoms. The average molecular weight is 317 g/mol. The lowest BCUT2D eigenvalue weighted by Gasteiger charge is -2.06. The molecule has 0 aliphatic carbocycles. The van der Waals surface area contributed by atoms with Crippen LogP contribution in [0.4, 0.5) is 5.82 Å².